The molecule has 1 fully saturated rings. The molecule has 8 nitrogen and oxygen atoms in total. The molecule has 1 unspecified atom stereocenters. The Labute approximate surface area is 234 Å². The number of nitrogens with zero attached hydrogens (tertiary/aromatic N) is 3. The van der Waals surface area contributed by atoms with Crippen LogP contribution in [0.5, 0.6) is 17.2 Å². The van der Waals surface area contributed by atoms with E-state index in [-0.39, 0.29) is 35.3 Å². The van der Waals surface area contributed by atoms with E-state index in [9.17, 15) is 13.9 Å². The molecule has 216 valence electrons. The molecule has 0 aliphatic carbocycles. The van der Waals surface area contributed by atoms with Crippen molar-refractivity contribution in [1.29, 1.82) is 0 Å². The van der Waals surface area contributed by atoms with Crippen LogP contribution >= 0.6 is 0 Å². The number of halogens is 2. The van der Waals surface area contributed by atoms with E-state index < -0.39 is 11.6 Å². The van der Waals surface area contributed by atoms with Gasteiger partial charge in [0.05, 0.1) is 44.0 Å². The Bertz CT molecular complexity index is 1280. The van der Waals surface area contributed by atoms with Crippen molar-refractivity contribution >= 4 is 17.3 Å². The molecule has 1 saturated heterocycles. The van der Waals surface area contributed by atoms with Crippen LogP contribution in [0, 0.1) is 30.4 Å². The van der Waals surface area contributed by atoms with E-state index in [1.54, 1.807) is 7.11 Å². The van der Waals surface area contributed by atoms with Crippen molar-refractivity contribution in [3.63, 3.8) is 0 Å². The zero-order valence-corrected chi connectivity index (χ0v) is 23.7. The van der Waals surface area contributed by atoms with Crippen molar-refractivity contribution in [2.75, 3.05) is 37.5 Å². The van der Waals surface area contributed by atoms with Gasteiger partial charge in [0, 0.05) is 24.8 Å². The topological polar surface area (TPSA) is 89.0 Å². The first-order chi connectivity index (χ1) is 19.2. The van der Waals surface area contributed by atoms with Gasteiger partial charge in [-0.15, -0.1) is 0 Å². The Morgan fingerprint density at radius 1 is 1.02 bits per heavy atom. The van der Waals surface area contributed by atoms with Crippen LogP contribution in [-0.4, -0.2) is 48.5 Å². The zero-order valence-electron chi connectivity index (χ0n) is 23.7. The van der Waals surface area contributed by atoms with Gasteiger partial charge < -0.3 is 29.5 Å². The average Bonchev–Trinajstić information content (AvgIpc) is 2.96. The Hall–Kier alpha value is -3.66. The second-order valence-corrected chi connectivity index (χ2v) is 10.4. The van der Waals surface area contributed by atoms with Crippen LogP contribution < -0.4 is 24.4 Å². The van der Waals surface area contributed by atoms with Gasteiger partial charge in [-0.2, -0.15) is 0 Å². The lowest BCUT2D eigenvalue weighted by molar-refractivity contribution is 0.115. The van der Waals surface area contributed by atoms with Crippen molar-refractivity contribution in [1.82, 2.24) is 9.97 Å². The lowest BCUT2D eigenvalue weighted by atomic mass is 9.86. The van der Waals surface area contributed by atoms with Crippen molar-refractivity contribution in [3.05, 3.63) is 59.4 Å². The smallest absolute Gasteiger partial charge is 0.227 e. The van der Waals surface area contributed by atoms with E-state index in [2.05, 4.69) is 27.1 Å². The maximum absolute atomic E-state index is 14.5. The molecule has 2 heterocycles. The van der Waals surface area contributed by atoms with E-state index in [0.717, 1.165) is 49.5 Å². The van der Waals surface area contributed by atoms with Crippen LogP contribution in [0.15, 0.2) is 36.7 Å². The lowest BCUT2D eigenvalue weighted by Crippen LogP contribution is -2.35. The summed E-state index contributed by atoms with van der Waals surface area (Å²) in [6, 6.07) is 7.19. The van der Waals surface area contributed by atoms with E-state index in [1.807, 2.05) is 25.1 Å². The van der Waals surface area contributed by atoms with Crippen LogP contribution in [-0.2, 0) is 6.61 Å². The maximum Gasteiger partial charge on any atom is 0.227 e. The fourth-order valence-corrected chi connectivity index (χ4v) is 4.97. The average molecular weight is 557 g/mol. The third-order valence-electron chi connectivity index (χ3n) is 7.59. The Kier molecular flexibility index (Phi) is 9.63. The van der Waals surface area contributed by atoms with Crippen molar-refractivity contribution in [3.8, 4) is 17.2 Å². The standard InChI is InChI=1S/C30H38F2N4O4/c1-18(20(3)37)12-21-8-10-36(11-9-21)25-7-6-22(14-26(25)38-4)35-30-33-15-23(16-34-30)40-17-24-28(31)19(2)13-27(39-5)29(24)32/h6-7,13-16,18,20-21,37H,8-12,17H2,1-5H3,(H,33,34,35)/t18-,20?/m1/s1. The quantitative estimate of drug-likeness (QED) is 0.296. The highest BCUT2D eigenvalue weighted by Gasteiger charge is 2.24. The number of hydrogen-bond acceptors (Lipinski definition) is 8. The van der Waals surface area contributed by atoms with Crippen LogP contribution in [0.3, 0.4) is 0 Å². The second-order valence-electron chi connectivity index (χ2n) is 10.4. The number of nitrogens with one attached hydrogen (secondary N) is 1. The Balaban J connectivity index is 1.36. The van der Waals surface area contributed by atoms with Gasteiger partial charge in [-0.1, -0.05) is 6.92 Å². The lowest BCUT2D eigenvalue weighted by Gasteiger charge is -2.35. The molecule has 0 spiro atoms. The van der Waals surface area contributed by atoms with E-state index in [4.69, 9.17) is 14.2 Å². The van der Waals surface area contributed by atoms with Gasteiger partial charge in [0.2, 0.25) is 5.95 Å². The second kappa shape index (κ2) is 13.1. The molecule has 1 aliphatic heterocycles. The monoisotopic (exact) mass is 556 g/mol. The number of aliphatic hydroxyl groups is 1. The molecule has 0 radical (unpaired) electrons. The van der Waals surface area contributed by atoms with Gasteiger partial charge in [0.1, 0.15) is 18.2 Å². The number of hydrogen-bond donors (Lipinski definition) is 2. The molecule has 0 saturated carbocycles. The Morgan fingerprint density at radius 2 is 1.70 bits per heavy atom. The van der Waals surface area contributed by atoms with Gasteiger partial charge in [-0.25, -0.2) is 18.7 Å². The van der Waals surface area contributed by atoms with Gasteiger partial charge in [-0.3, -0.25) is 0 Å². The summed E-state index contributed by atoms with van der Waals surface area (Å²) < 4.78 is 45.2. The first-order valence-electron chi connectivity index (χ1n) is 13.5. The van der Waals surface area contributed by atoms with Gasteiger partial charge >= 0.3 is 0 Å². The summed E-state index contributed by atoms with van der Waals surface area (Å²) in [6.07, 6.45) is 5.81. The molecule has 2 aromatic carbocycles. The van der Waals surface area contributed by atoms with E-state index >= 15 is 0 Å². The highest BCUT2D eigenvalue weighted by Crippen LogP contribution is 2.36. The number of methoxy groups -OCH3 is 2. The fraction of sp³-hybridized carbons (Fsp3) is 0.467. The largest absolute Gasteiger partial charge is 0.495 e. The summed E-state index contributed by atoms with van der Waals surface area (Å²) in [4.78, 5) is 10.9. The molecule has 0 bridgehead atoms. The fourth-order valence-electron chi connectivity index (χ4n) is 4.97. The van der Waals surface area contributed by atoms with E-state index in [1.165, 1.54) is 32.5 Å². The van der Waals surface area contributed by atoms with Crippen molar-refractivity contribution in [2.45, 2.75) is 52.7 Å². The van der Waals surface area contributed by atoms with Gasteiger partial charge in [0.25, 0.3) is 0 Å². The number of aromatic nitrogens is 2. The number of ether oxygens (including phenoxy) is 3. The van der Waals surface area contributed by atoms with Crippen LogP contribution in [0.2, 0.25) is 0 Å². The first kappa shape index (κ1) is 29.3. The normalized spacial score (nSPS) is 15.4. The van der Waals surface area contributed by atoms with Crippen LogP contribution in [0.25, 0.3) is 0 Å². The number of piperidine rings is 1. The number of aryl methyl sites for hydroxylation is 1. The number of anilines is 3. The molecular weight excluding hydrogens is 518 g/mol. The van der Waals surface area contributed by atoms with Gasteiger partial charge in [-0.05, 0) is 68.7 Å². The molecule has 0 amide bonds. The molecular formula is C30H38F2N4O4. The molecule has 2 atom stereocenters. The molecule has 1 aromatic heterocycles. The summed E-state index contributed by atoms with van der Waals surface area (Å²) >= 11 is 0. The van der Waals surface area contributed by atoms with Crippen LogP contribution in [0.1, 0.15) is 44.2 Å². The predicted molar refractivity (Wildman–Crippen MR) is 151 cm³/mol. The summed E-state index contributed by atoms with van der Waals surface area (Å²) in [5.41, 5.74) is 1.84. The minimum Gasteiger partial charge on any atom is -0.495 e. The number of benzene rings is 2. The molecule has 10 heteroatoms. The third-order valence-corrected chi connectivity index (χ3v) is 7.59. The minimum atomic E-state index is -0.794. The maximum atomic E-state index is 14.5. The molecule has 1 aliphatic rings. The molecule has 3 aromatic rings. The van der Waals surface area contributed by atoms with E-state index in [0.29, 0.717) is 17.8 Å². The van der Waals surface area contributed by atoms with Crippen molar-refractivity contribution in [2.24, 2.45) is 11.8 Å². The molecule has 4 rings (SSSR count). The summed E-state index contributed by atoms with van der Waals surface area (Å²) in [7, 11) is 2.98. The van der Waals surface area contributed by atoms with Crippen LogP contribution in [0.4, 0.5) is 26.1 Å². The van der Waals surface area contributed by atoms with Crippen molar-refractivity contribution < 1.29 is 28.1 Å². The number of rotatable bonds is 11. The first-order valence-corrected chi connectivity index (χ1v) is 13.5. The predicted octanol–water partition coefficient (Wildman–Crippen LogP) is 6.03. The highest BCUT2D eigenvalue weighted by atomic mass is 19.1. The summed E-state index contributed by atoms with van der Waals surface area (Å²) in [5.74, 6) is 0.772. The zero-order chi connectivity index (χ0) is 28.8. The molecule has 40 heavy (non-hydrogen) atoms. The van der Waals surface area contributed by atoms with Gasteiger partial charge in [0.15, 0.2) is 17.3 Å². The Morgan fingerprint density at radius 3 is 2.33 bits per heavy atom. The molecule has 2 N–H and O–H groups in total. The third kappa shape index (κ3) is 6.91. The number of aliphatic hydroxyl groups excluding tert-OH is 1. The minimum absolute atomic E-state index is 0.0402. The summed E-state index contributed by atoms with van der Waals surface area (Å²) in [6.45, 7) is 7.06. The highest BCUT2D eigenvalue weighted by molar-refractivity contribution is 5.67. The SMILES string of the molecule is COc1cc(Nc2ncc(OCc3c(F)c(C)cc(OC)c3F)cn2)ccc1N1CCC(C[C@@H](C)C(C)O)CC1. The summed E-state index contributed by atoms with van der Waals surface area (Å²) in [5, 5.41) is 13.0.